The maximum atomic E-state index is 13.2. The van der Waals surface area contributed by atoms with Gasteiger partial charge < -0.3 is 36.1 Å². The van der Waals surface area contributed by atoms with Crippen LogP contribution >= 0.6 is 23.3 Å². The van der Waals surface area contributed by atoms with E-state index in [1.165, 1.54) is 11.8 Å². The highest BCUT2D eigenvalue weighted by molar-refractivity contribution is 8.00. The Morgan fingerprint density at radius 1 is 1.40 bits per heavy atom. The van der Waals surface area contributed by atoms with Gasteiger partial charge in [0.05, 0.1) is 17.9 Å². The number of carbonyl (C=O) groups excluding carboxylic acids is 3. The number of amides is 2. The second kappa shape index (κ2) is 11.6. The second-order valence-corrected chi connectivity index (χ2v) is 10.7. The fourth-order valence-electron chi connectivity index (χ4n) is 4.50. The maximum Gasteiger partial charge on any atom is 0.349 e. The van der Waals surface area contributed by atoms with Crippen LogP contribution in [-0.2, 0) is 32.3 Å². The lowest BCUT2D eigenvalue weighted by atomic mass is 10.0. The first kappa shape index (κ1) is 27.5. The van der Waals surface area contributed by atoms with E-state index in [4.69, 9.17) is 16.3 Å². The Kier molecular flexibility index (Phi) is 7.95. The normalized spacial score (nSPS) is 19.0. The third kappa shape index (κ3) is 5.09. The minimum Gasteiger partial charge on any atom is -0.543 e. The molecular formula is C23H26N10O5S2. The number of hydrogen-bond donors (Lipinski definition) is 3. The van der Waals surface area contributed by atoms with Gasteiger partial charge in [-0.05, 0) is 37.0 Å². The average molecular weight is 587 g/mol. The first-order valence-electron chi connectivity index (χ1n) is 12.4. The lowest BCUT2D eigenvalue weighted by molar-refractivity contribution is -0.664. The average Bonchev–Trinajstić information content (AvgIpc) is 3.56. The molecule has 17 heteroatoms. The molecule has 2 aliphatic heterocycles. The topological polar surface area (TPSA) is 211 Å². The number of nitrogen functional groups attached to an aromatic ring is 1. The van der Waals surface area contributed by atoms with Crippen LogP contribution in [0.4, 0.5) is 5.13 Å². The molecule has 0 spiro atoms. The van der Waals surface area contributed by atoms with Crippen LogP contribution in [0.25, 0.3) is 11.2 Å². The van der Waals surface area contributed by atoms with Crippen molar-refractivity contribution in [1.82, 2.24) is 29.1 Å². The predicted octanol–water partition coefficient (Wildman–Crippen LogP) is -2.05. The van der Waals surface area contributed by atoms with E-state index in [1.54, 1.807) is 19.4 Å². The van der Waals surface area contributed by atoms with Gasteiger partial charge in [0.2, 0.25) is 17.9 Å². The van der Waals surface area contributed by atoms with E-state index >= 15 is 0 Å². The van der Waals surface area contributed by atoms with Crippen LogP contribution in [0.5, 0.6) is 0 Å². The molecule has 2 unspecified atom stereocenters. The third-order valence-electron chi connectivity index (χ3n) is 6.30. The monoisotopic (exact) mass is 586 g/mol. The number of carboxylic acid groups (broad SMARTS) is 1. The minimum absolute atomic E-state index is 0.0392. The standard InChI is InChI=1S/C23H26N10O5S2/c1-2-38-29-14(17-28-23(25)40-30-17)19(34)27-15-20(35)33-16(22(36)37)12(10-39-21(15)33)9-31-7-3-5-13-18(31)26-11-32(13)8-4-6-24/h3,5,7,11,15,21H,2,4,6,8-10,24H2,1H3,(H3-,25,27,28,30,34,36,37)/b29-14-. The van der Waals surface area contributed by atoms with Gasteiger partial charge in [0.15, 0.2) is 5.13 Å². The molecular weight excluding hydrogens is 560 g/mol. The fraction of sp³-hybridized carbons (Fsp3) is 0.391. The molecule has 15 nitrogen and oxygen atoms in total. The van der Waals surface area contributed by atoms with Crippen molar-refractivity contribution >= 4 is 63.1 Å². The number of anilines is 1. The van der Waals surface area contributed by atoms with Crippen LogP contribution in [0.2, 0.25) is 0 Å². The van der Waals surface area contributed by atoms with Gasteiger partial charge in [-0.1, -0.05) is 5.16 Å². The molecule has 2 atom stereocenters. The molecule has 3 aromatic heterocycles. The highest BCUT2D eigenvalue weighted by Crippen LogP contribution is 2.40. The number of β-lactam (4-membered cyclic amide) rings is 1. The molecule has 0 saturated carbocycles. The summed E-state index contributed by atoms with van der Waals surface area (Å²) >= 11 is 2.22. The summed E-state index contributed by atoms with van der Waals surface area (Å²) in [5.74, 6) is -2.55. The van der Waals surface area contributed by atoms with Gasteiger partial charge >= 0.3 is 5.65 Å². The molecule has 5 heterocycles. The SMILES string of the molecule is CCO/N=C(\C(=O)NC1C(=O)N2C(C(=O)[O-])=C(C[n+]3cccc4c3ncn4CCCN)CSC12)c1nsc(N)n1. The lowest BCUT2D eigenvalue weighted by Crippen LogP contribution is -2.71. The number of thioether (sulfide) groups is 1. The van der Waals surface area contributed by atoms with Crippen molar-refractivity contribution in [2.75, 3.05) is 24.6 Å². The molecule has 5 N–H and O–H groups in total. The van der Waals surface area contributed by atoms with Gasteiger partial charge in [-0.3, -0.25) is 14.5 Å². The molecule has 0 bridgehead atoms. The van der Waals surface area contributed by atoms with Crippen molar-refractivity contribution in [3.8, 4) is 0 Å². The molecule has 5 rings (SSSR count). The van der Waals surface area contributed by atoms with Gasteiger partial charge in [-0.2, -0.15) is 9.36 Å². The zero-order valence-corrected chi connectivity index (χ0v) is 23.0. The first-order valence-corrected chi connectivity index (χ1v) is 14.2. The highest BCUT2D eigenvalue weighted by atomic mass is 32.2. The highest BCUT2D eigenvalue weighted by Gasteiger charge is 2.53. The number of pyridine rings is 1. The molecule has 40 heavy (non-hydrogen) atoms. The number of hydrogen-bond acceptors (Lipinski definition) is 13. The Bertz CT molecular complexity index is 1530. The number of aromatic nitrogens is 5. The number of fused-ring (bicyclic) bond motifs is 2. The summed E-state index contributed by atoms with van der Waals surface area (Å²) in [6, 6.07) is 2.79. The van der Waals surface area contributed by atoms with Crippen LogP contribution < -0.4 is 26.5 Å². The molecule has 0 radical (unpaired) electrons. The molecule has 0 aliphatic carbocycles. The number of nitrogens with zero attached hydrogens (tertiary/aromatic N) is 7. The molecule has 210 valence electrons. The number of nitrogens with one attached hydrogen (secondary N) is 1. The zero-order valence-electron chi connectivity index (χ0n) is 21.3. The van der Waals surface area contributed by atoms with Crippen LogP contribution in [0, 0.1) is 0 Å². The molecule has 3 aromatic rings. The summed E-state index contributed by atoms with van der Waals surface area (Å²) in [5.41, 5.74) is 12.9. The number of nitrogens with two attached hydrogens (primary N) is 2. The summed E-state index contributed by atoms with van der Waals surface area (Å²) in [6.45, 7) is 3.32. The number of aryl methyl sites for hydroxylation is 1. The fourth-order valence-corrected chi connectivity index (χ4v) is 6.27. The number of rotatable bonds is 11. The smallest absolute Gasteiger partial charge is 0.349 e. The minimum atomic E-state index is -1.47. The predicted molar refractivity (Wildman–Crippen MR) is 143 cm³/mol. The maximum absolute atomic E-state index is 13.2. The largest absolute Gasteiger partial charge is 0.543 e. The van der Waals surface area contributed by atoms with E-state index < -0.39 is 29.2 Å². The Morgan fingerprint density at radius 2 is 2.23 bits per heavy atom. The number of aliphatic carboxylic acids is 1. The van der Waals surface area contributed by atoms with Gasteiger partial charge in [0, 0.05) is 29.4 Å². The zero-order chi connectivity index (χ0) is 28.4. The quantitative estimate of drug-likeness (QED) is 0.0963. The Balaban J connectivity index is 1.36. The summed E-state index contributed by atoms with van der Waals surface area (Å²) in [5, 5.41) is 18.1. The van der Waals surface area contributed by atoms with E-state index in [2.05, 4.69) is 24.8 Å². The van der Waals surface area contributed by atoms with Crippen molar-refractivity contribution in [2.24, 2.45) is 10.9 Å². The van der Waals surface area contributed by atoms with E-state index in [9.17, 15) is 19.5 Å². The van der Waals surface area contributed by atoms with Crippen molar-refractivity contribution in [1.29, 1.82) is 0 Å². The number of carboxylic acids is 1. The van der Waals surface area contributed by atoms with Crippen LogP contribution in [-0.4, -0.2) is 77.6 Å². The van der Waals surface area contributed by atoms with Crippen molar-refractivity contribution in [3.05, 3.63) is 41.8 Å². The number of imidazole rings is 1. The van der Waals surface area contributed by atoms with Gasteiger partial charge in [-0.15, -0.1) is 11.8 Å². The molecule has 2 amide bonds. The van der Waals surface area contributed by atoms with E-state index in [0.717, 1.165) is 28.4 Å². The summed E-state index contributed by atoms with van der Waals surface area (Å²) < 4.78 is 7.81. The van der Waals surface area contributed by atoms with Gasteiger partial charge in [0.25, 0.3) is 11.8 Å². The summed E-state index contributed by atoms with van der Waals surface area (Å²) in [4.78, 5) is 53.1. The Labute approximate surface area is 236 Å². The lowest BCUT2D eigenvalue weighted by Gasteiger charge is -2.50. The number of carbonyl (C=O) groups is 3. The first-order chi connectivity index (χ1) is 19.3. The molecule has 1 fully saturated rings. The van der Waals surface area contributed by atoms with Crippen LogP contribution in [0.3, 0.4) is 0 Å². The van der Waals surface area contributed by atoms with E-state index in [1.807, 2.05) is 21.3 Å². The molecule has 1 saturated heterocycles. The van der Waals surface area contributed by atoms with Crippen molar-refractivity contribution in [2.45, 2.75) is 37.8 Å². The number of oxime groups is 1. The summed E-state index contributed by atoms with van der Waals surface area (Å²) in [7, 11) is 0. The second-order valence-electron chi connectivity index (χ2n) is 8.84. The summed E-state index contributed by atoms with van der Waals surface area (Å²) in [6.07, 6.45) is 4.32. The van der Waals surface area contributed by atoms with Crippen LogP contribution in [0.1, 0.15) is 19.2 Å². The van der Waals surface area contributed by atoms with E-state index in [-0.39, 0.29) is 35.5 Å². The van der Waals surface area contributed by atoms with Crippen molar-refractivity contribution < 1.29 is 28.9 Å². The Morgan fingerprint density at radius 3 is 2.92 bits per heavy atom. The third-order valence-corrected chi connectivity index (χ3v) is 8.18. The molecule has 0 aromatic carbocycles. The van der Waals surface area contributed by atoms with Gasteiger partial charge in [0.1, 0.15) is 30.1 Å². The van der Waals surface area contributed by atoms with Gasteiger partial charge in [-0.25, -0.2) is 4.57 Å². The molecule has 2 aliphatic rings. The Hall–Kier alpha value is -4.09. The van der Waals surface area contributed by atoms with Crippen LogP contribution in [0.15, 0.2) is 41.1 Å². The van der Waals surface area contributed by atoms with E-state index in [0.29, 0.717) is 30.1 Å². The van der Waals surface area contributed by atoms with Crippen molar-refractivity contribution in [3.63, 3.8) is 0 Å².